The lowest BCUT2D eigenvalue weighted by atomic mass is 9.95. The van der Waals surface area contributed by atoms with Gasteiger partial charge in [-0.3, -0.25) is 4.79 Å². The molecule has 0 spiro atoms. The van der Waals surface area contributed by atoms with Crippen LogP contribution in [0.5, 0.6) is 5.75 Å². The van der Waals surface area contributed by atoms with Crippen molar-refractivity contribution in [3.05, 3.63) is 44.7 Å². The number of rotatable bonds is 6. The largest absolute Gasteiger partial charge is 0.496 e. The number of halogens is 1. The Hall–Kier alpha value is -1.63. The first-order valence-electron chi connectivity index (χ1n) is 8.38. The van der Waals surface area contributed by atoms with Gasteiger partial charge in [0.25, 0.3) is 5.91 Å². The summed E-state index contributed by atoms with van der Waals surface area (Å²) in [5.74, 6) is 0.0915. The van der Waals surface area contributed by atoms with Crippen LogP contribution in [0.15, 0.2) is 29.4 Å². The van der Waals surface area contributed by atoms with Crippen molar-refractivity contribution in [2.24, 2.45) is 4.99 Å². The van der Waals surface area contributed by atoms with E-state index in [1.54, 1.807) is 25.3 Å². The Labute approximate surface area is 163 Å². The molecule has 1 heterocycles. The molecule has 0 saturated heterocycles. The lowest BCUT2D eigenvalue weighted by Gasteiger charge is -2.14. The Morgan fingerprint density at radius 1 is 1.31 bits per heavy atom. The molecule has 0 fully saturated rings. The fourth-order valence-corrected chi connectivity index (χ4v) is 3.59. The molecule has 7 heteroatoms. The SMILES string of the molecule is COCCCn1cc(C(C)(C)C)s/c1=N\C(=O)c1cc(Cl)ccc1OC. The third kappa shape index (κ3) is 5.19. The van der Waals surface area contributed by atoms with Gasteiger partial charge in [0, 0.05) is 36.4 Å². The number of benzene rings is 1. The molecule has 0 unspecified atom stereocenters. The van der Waals surface area contributed by atoms with Gasteiger partial charge in [-0.05, 0) is 30.0 Å². The first-order chi connectivity index (χ1) is 12.3. The summed E-state index contributed by atoms with van der Waals surface area (Å²) in [7, 11) is 3.20. The molecular weight excluding hydrogens is 372 g/mol. The van der Waals surface area contributed by atoms with Crippen LogP contribution in [0.3, 0.4) is 0 Å². The number of hydrogen-bond donors (Lipinski definition) is 0. The number of hydrogen-bond acceptors (Lipinski definition) is 4. The maximum Gasteiger partial charge on any atom is 0.283 e. The maximum absolute atomic E-state index is 12.8. The summed E-state index contributed by atoms with van der Waals surface area (Å²) in [6.07, 6.45) is 2.92. The van der Waals surface area contributed by atoms with Crippen molar-refractivity contribution in [3.8, 4) is 5.75 Å². The first kappa shape index (κ1) is 20.7. The van der Waals surface area contributed by atoms with Gasteiger partial charge in [-0.25, -0.2) is 0 Å². The summed E-state index contributed by atoms with van der Waals surface area (Å²) in [4.78, 5) is 18.9. The Balaban J connectivity index is 2.46. The zero-order chi connectivity index (χ0) is 19.3. The van der Waals surface area contributed by atoms with Crippen LogP contribution in [0, 0.1) is 0 Å². The van der Waals surface area contributed by atoms with Gasteiger partial charge in [-0.1, -0.05) is 32.4 Å². The van der Waals surface area contributed by atoms with Crippen molar-refractivity contribution in [3.63, 3.8) is 0 Å². The van der Waals surface area contributed by atoms with Crippen LogP contribution in [-0.2, 0) is 16.7 Å². The smallest absolute Gasteiger partial charge is 0.283 e. The average molecular weight is 397 g/mol. The molecule has 0 aliphatic rings. The second-order valence-electron chi connectivity index (χ2n) is 6.93. The number of carbonyl (C=O) groups is 1. The van der Waals surface area contributed by atoms with Crippen molar-refractivity contribution in [1.29, 1.82) is 0 Å². The standard InChI is InChI=1S/C19H25ClN2O3S/c1-19(2,3)16-12-22(9-6-10-24-4)18(26-16)21-17(23)14-11-13(20)7-8-15(14)25-5/h7-8,11-12H,6,9-10H2,1-5H3/b21-18-. The predicted octanol–water partition coefficient (Wildman–Crippen LogP) is 4.29. The van der Waals surface area contributed by atoms with E-state index in [1.807, 2.05) is 4.57 Å². The minimum atomic E-state index is -0.368. The molecule has 0 aliphatic heterocycles. The van der Waals surface area contributed by atoms with Crippen molar-refractivity contribution >= 4 is 28.8 Å². The normalized spacial score (nSPS) is 12.5. The zero-order valence-corrected chi connectivity index (χ0v) is 17.4. The maximum atomic E-state index is 12.8. The molecule has 0 radical (unpaired) electrons. The number of amides is 1. The van der Waals surface area contributed by atoms with E-state index in [4.69, 9.17) is 21.1 Å². The van der Waals surface area contributed by atoms with Crippen molar-refractivity contribution in [2.75, 3.05) is 20.8 Å². The molecule has 1 amide bonds. The van der Waals surface area contributed by atoms with E-state index in [9.17, 15) is 4.79 Å². The predicted molar refractivity (Wildman–Crippen MR) is 105 cm³/mol. The molecule has 26 heavy (non-hydrogen) atoms. The summed E-state index contributed by atoms with van der Waals surface area (Å²) in [5.41, 5.74) is 0.340. The molecule has 1 aromatic heterocycles. The summed E-state index contributed by atoms with van der Waals surface area (Å²) in [5, 5.41) is 0.471. The van der Waals surface area contributed by atoms with Crippen LogP contribution in [0.25, 0.3) is 0 Å². The highest BCUT2D eigenvalue weighted by Gasteiger charge is 2.19. The summed E-state index contributed by atoms with van der Waals surface area (Å²) < 4.78 is 12.4. The van der Waals surface area contributed by atoms with Gasteiger partial charge >= 0.3 is 0 Å². The highest BCUT2D eigenvalue weighted by atomic mass is 35.5. The highest BCUT2D eigenvalue weighted by molar-refractivity contribution is 7.09. The number of thiazole rings is 1. The molecule has 0 atom stereocenters. The van der Waals surface area contributed by atoms with Crippen LogP contribution < -0.4 is 9.54 Å². The number of ether oxygens (including phenoxy) is 2. The first-order valence-corrected chi connectivity index (χ1v) is 9.58. The van der Waals surface area contributed by atoms with Crippen LogP contribution in [0.4, 0.5) is 0 Å². The molecule has 5 nitrogen and oxygen atoms in total. The topological polar surface area (TPSA) is 52.8 Å². The minimum absolute atomic E-state index is 0.0156. The minimum Gasteiger partial charge on any atom is -0.496 e. The van der Waals surface area contributed by atoms with Gasteiger partial charge in [0.15, 0.2) is 4.80 Å². The molecule has 2 aromatic rings. The van der Waals surface area contributed by atoms with Crippen molar-refractivity contribution in [1.82, 2.24) is 4.57 Å². The Morgan fingerprint density at radius 2 is 2.04 bits per heavy atom. The van der Waals surface area contributed by atoms with Gasteiger partial charge in [0.2, 0.25) is 0 Å². The van der Waals surface area contributed by atoms with Crippen LogP contribution in [0.1, 0.15) is 42.4 Å². The summed E-state index contributed by atoms with van der Waals surface area (Å²) in [6, 6.07) is 4.94. The second-order valence-corrected chi connectivity index (χ2v) is 8.37. The second kappa shape index (κ2) is 8.84. The Kier molecular flexibility index (Phi) is 7.03. The average Bonchev–Trinajstić information content (AvgIpc) is 2.98. The quantitative estimate of drug-likeness (QED) is 0.684. The number of aromatic nitrogens is 1. The van der Waals surface area contributed by atoms with Gasteiger partial charge in [-0.15, -0.1) is 11.3 Å². The lowest BCUT2D eigenvalue weighted by molar-refractivity contribution is 0.0994. The lowest BCUT2D eigenvalue weighted by Crippen LogP contribution is -2.17. The van der Waals surface area contributed by atoms with E-state index in [-0.39, 0.29) is 11.3 Å². The molecule has 0 bridgehead atoms. The number of nitrogens with zero attached hydrogens (tertiary/aromatic N) is 2. The van der Waals surface area contributed by atoms with E-state index < -0.39 is 0 Å². The monoisotopic (exact) mass is 396 g/mol. The van der Waals surface area contributed by atoms with Crippen molar-refractivity contribution in [2.45, 2.75) is 39.2 Å². The zero-order valence-electron chi connectivity index (χ0n) is 15.8. The van der Waals surface area contributed by atoms with E-state index in [0.717, 1.165) is 13.0 Å². The number of methoxy groups -OCH3 is 2. The fourth-order valence-electron chi connectivity index (χ4n) is 2.35. The highest BCUT2D eigenvalue weighted by Crippen LogP contribution is 2.25. The van der Waals surface area contributed by atoms with Crippen LogP contribution in [-0.4, -0.2) is 31.3 Å². The number of aryl methyl sites for hydroxylation is 1. The van der Waals surface area contributed by atoms with E-state index >= 15 is 0 Å². The van der Waals surface area contributed by atoms with E-state index in [0.29, 0.717) is 27.7 Å². The number of carbonyl (C=O) groups excluding carboxylic acids is 1. The third-order valence-electron chi connectivity index (χ3n) is 3.80. The third-order valence-corrected chi connectivity index (χ3v) is 5.48. The molecule has 0 saturated carbocycles. The molecule has 142 valence electrons. The molecule has 2 rings (SSSR count). The molecule has 1 aromatic carbocycles. The molecular formula is C19H25ClN2O3S. The van der Waals surface area contributed by atoms with Crippen molar-refractivity contribution < 1.29 is 14.3 Å². The van der Waals surface area contributed by atoms with Gasteiger partial charge in [0.1, 0.15) is 5.75 Å². The fraction of sp³-hybridized carbons (Fsp3) is 0.474. The van der Waals surface area contributed by atoms with Gasteiger partial charge in [0.05, 0.1) is 12.7 Å². The van der Waals surface area contributed by atoms with Gasteiger partial charge in [-0.2, -0.15) is 4.99 Å². The van der Waals surface area contributed by atoms with Crippen LogP contribution >= 0.6 is 22.9 Å². The summed E-state index contributed by atoms with van der Waals surface area (Å²) >= 11 is 7.56. The summed E-state index contributed by atoms with van der Waals surface area (Å²) in [6.45, 7) is 7.82. The molecule has 0 N–H and O–H groups in total. The van der Waals surface area contributed by atoms with E-state index in [1.165, 1.54) is 23.3 Å². The van der Waals surface area contributed by atoms with Gasteiger partial charge < -0.3 is 14.0 Å². The van der Waals surface area contributed by atoms with Crippen LogP contribution in [0.2, 0.25) is 5.02 Å². The Bertz CT molecular complexity index is 834. The Morgan fingerprint density at radius 3 is 2.65 bits per heavy atom. The van der Waals surface area contributed by atoms with E-state index in [2.05, 4.69) is 32.0 Å². The molecule has 0 aliphatic carbocycles.